The van der Waals surface area contributed by atoms with E-state index in [2.05, 4.69) is 13.8 Å². The molecule has 164 valence electrons. The van der Waals surface area contributed by atoms with E-state index >= 15 is 0 Å². The Bertz CT molecular complexity index is 948. The van der Waals surface area contributed by atoms with Crippen LogP contribution in [0.15, 0.2) is 24.3 Å². The van der Waals surface area contributed by atoms with Crippen LogP contribution in [0.25, 0.3) is 0 Å². The summed E-state index contributed by atoms with van der Waals surface area (Å²) >= 11 is 0. The molecular formula is C22H30N2O5S. The fourth-order valence-electron chi connectivity index (χ4n) is 5.60. The summed E-state index contributed by atoms with van der Waals surface area (Å²) in [4.78, 5) is 27.2. The monoisotopic (exact) mass is 434 g/mol. The molecule has 0 radical (unpaired) electrons. The molecule has 3 aliphatic rings. The maximum Gasteiger partial charge on any atom is 0.253 e. The van der Waals surface area contributed by atoms with Gasteiger partial charge in [0.15, 0.2) is 0 Å². The molecule has 1 aliphatic heterocycles. The Balaban J connectivity index is 1.42. The first-order chi connectivity index (χ1) is 14.1. The molecule has 1 saturated heterocycles. The van der Waals surface area contributed by atoms with Crippen molar-refractivity contribution in [1.82, 2.24) is 9.21 Å². The molecule has 2 atom stereocenters. The lowest BCUT2D eigenvalue weighted by Gasteiger charge is -2.39. The van der Waals surface area contributed by atoms with Crippen LogP contribution in [0.2, 0.25) is 0 Å². The van der Waals surface area contributed by atoms with Crippen molar-refractivity contribution >= 4 is 21.7 Å². The molecule has 3 fully saturated rings. The Labute approximate surface area is 178 Å². The molecule has 1 heterocycles. The highest BCUT2D eigenvalue weighted by atomic mass is 32.2. The van der Waals surface area contributed by atoms with E-state index in [0.717, 1.165) is 6.42 Å². The number of hydrogen-bond acceptors (Lipinski definition) is 5. The summed E-state index contributed by atoms with van der Waals surface area (Å²) in [5, 5.41) is 0. The average molecular weight is 435 g/mol. The van der Waals surface area contributed by atoms with Gasteiger partial charge < -0.3 is 9.64 Å². The van der Waals surface area contributed by atoms with Crippen LogP contribution in [0.3, 0.4) is 0 Å². The number of fused-ring (bicyclic) bond motifs is 2. The van der Waals surface area contributed by atoms with Crippen LogP contribution in [-0.4, -0.2) is 68.4 Å². The summed E-state index contributed by atoms with van der Waals surface area (Å²) in [6.45, 7) is 5.32. The number of amides is 1. The number of sulfonamides is 1. The molecule has 2 saturated carbocycles. The van der Waals surface area contributed by atoms with Crippen LogP contribution in [-0.2, 0) is 14.8 Å². The van der Waals surface area contributed by atoms with Gasteiger partial charge in [0.2, 0.25) is 10.0 Å². The van der Waals surface area contributed by atoms with Crippen molar-refractivity contribution in [2.75, 3.05) is 39.0 Å². The number of piperazine rings is 1. The van der Waals surface area contributed by atoms with Gasteiger partial charge in [0.05, 0.1) is 12.9 Å². The van der Waals surface area contributed by atoms with E-state index in [-0.39, 0.29) is 35.9 Å². The fourth-order valence-corrected chi connectivity index (χ4v) is 7.80. The number of methoxy groups -OCH3 is 1. The normalized spacial score (nSPS) is 28.7. The van der Waals surface area contributed by atoms with E-state index in [9.17, 15) is 18.0 Å². The maximum atomic E-state index is 13.2. The van der Waals surface area contributed by atoms with E-state index < -0.39 is 15.4 Å². The summed E-state index contributed by atoms with van der Waals surface area (Å²) in [6, 6.07) is 6.91. The van der Waals surface area contributed by atoms with Gasteiger partial charge >= 0.3 is 0 Å². The van der Waals surface area contributed by atoms with Crippen molar-refractivity contribution < 1.29 is 22.7 Å². The van der Waals surface area contributed by atoms with Crippen molar-refractivity contribution in [3.63, 3.8) is 0 Å². The molecule has 0 spiro atoms. The fraction of sp³-hybridized carbons (Fsp3) is 0.636. The van der Waals surface area contributed by atoms with Crippen LogP contribution in [0.5, 0.6) is 5.75 Å². The molecular weight excluding hydrogens is 404 g/mol. The number of ketones is 1. The molecule has 1 aromatic rings. The van der Waals surface area contributed by atoms with E-state index in [4.69, 9.17) is 4.74 Å². The average Bonchev–Trinajstić information content (AvgIpc) is 3.07. The molecule has 1 amide bonds. The lowest BCUT2D eigenvalue weighted by Crippen LogP contribution is -2.53. The van der Waals surface area contributed by atoms with Gasteiger partial charge in [-0.2, -0.15) is 4.31 Å². The van der Waals surface area contributed by atoms with E-state index in [1.807, 2.05) is 0 Å². The van der Waals surface area contributed by atoms with Crippen LogP contribution in [0.4, 0.5) is 0 Å². The summed E-state index contributed by atoms with van der Waals surface area (Å²) in [7, 11) is -2.01. The highest BCUT2D eigenvalue weighted by Crippen LogP contribution is 2.64. The second-order valence-electron chi connectivity index (χ2n) is 9.34. The third-order valence-corrected chi connectivity index (χ3v) is 9.83. The third kappa shape index (κ3) is 3.24. The summed E-state index contributed by atoms with van der Waals surface area (Å²) in [5.41, 5.74) is -0.475. The molecule has 30 heavy (non-hydrogen) atoms. The zero-order valence-electron chi connectivity index (χ0n) is 17.9. The first-order valence-electron chi connectivity index (χ1n) is 10.6. The molecule has 8 heteroatoms. The minimum atomic E-state index is -3.58. The van der Waals surface area contributed by atoms with Crippen LogP contribution >= 0.6 is 0 Å². The Morgan fingerprint density at radius 1 is 1.13 bits per heavy atom. The van der Waals surface area contributed by atoms with Gasteiger partial charge in [-0.1, -0.05) is 13.8 Å². The smallest absolute Gasteiger partial charge is 0.253 e. The first kappa shape index (κ1) is 21.3. The number of carbonyl (C=O) groups excluding carboxylic acids is 2. The van der Waals surface area contributed by atoms with Gasteiger partial charge in [-0.15, -0.1) is 0 Å². The largest absolute Gasteiger partial charge is 0.497 e. The van der Waals surface area contributed by atoms with Crippen LogP contribution in [0, 0.1) is 16.7 Å². The van der Waals surface area contributed by atoms with Crippen LogP contribution < -0.4 is 4.74 Å². The summed E-state index contributed by atoms with van der Waals surface area (Å²) in [5.74, 6) is 0.869. The second kappa shape index (κ2) is 7.34. The topological polar surface area (TPSA) is 84.0 Å². The predicted molar refractivity (Wildman–Crippen MR) is 113 cm³/mol. The Morgan fingerprint density at radius 2 is 1.77 bits per heavy atom. The van der Waals surface area contributed by atoms with Crippen molar-refractivity contribution in [2.24, 2.45) is 16.7 Å². The minimum Gasteiger partial charge on any atom is -0.497 e. The number of rotatable bonds is 5. The second-order valence-corrected chi connectivity index (χ2v) is 11.3. The Kier molecular flexibility index (Phi) is 5.21. The highest BCUT2D eigenvalue weighted by Gasteiger charge is 2.65. The van der Waals surface area contributed by atoms with Gasteiger partial charge in [-0.25, -0.2) is 8.42 Å². The highest BCUT2D eigenvalue weighted by molar-refractivity contribution is 7.89. The summed E-state index contributed by atoms with van der Waals surface area (Å²) in [6.07, 6.45) is 2.10. The third-order valence-electron chi connectivity index (χ3n) is 7.82. The van der Waals surface area contributed by atoms with Crippen LogP contribution in [0.1, 0.15) is 43.5 Å². The first-order valence-corrected chi connectivity index (χ1v) is 12.2. The maximum absolute atomic E-state index is 13.2. The predicted octanol–water partition coefficient (Wildman–Crippen LogP) is 2.18. The van der Waals surface area contributed by atoms with Gasteiger partial charge in [0.25, 0.3) is 5.91 Å². The molecule has 4 rings (SSSR count). The zero-order chi connectivity index (χ0) is 21.7. The van der Waals surface area contributed by atoms with Crippen molar-refractivity contribution in [3.8, 4) is 5.75 Å². The molecule has 1 aromatic carbocycles. The number of Topliss-reactive ketones (excluding diaryl/α,β-unsaturated/α-hetero) is 1. The number of hydrogen-bond donors (Lipinski definition) is 0. The summed E-state index contributed by atoms with van der Waals surface area (Å²) < 4.78 is 33.0. The number of nitrogens with zero attached hydrogens (tertiary/aromatic N) is 2. The van der Waals surface area contributed by atoms with Crippen molar-refractivity contribution in [2.45, 2.75) is 33.1 Å². The van der Waals surface area contributed by atoms with E-state index in [0.29, 0.717) is 43.2 Å². The molecule has 7 nitrogen and oxygen atoms in total. The van der Waals surface area contributed by atoms with E-state index in [1.54, 1.807) is 36.3 Å². The van der Waals surface area contributed by atoms with Gasteiger partial charge in [-0.3, -0.25) is 9.59 Å². The van der Waals surface area contributed by atoms with E-state index in [1.165, 1.54) is 4.31 Å². The number of carbonyl (C=O) groups is 2. The molecule has 2 bridgehead atoms. The minimum absolute atomic E-state index is 0.102. The SMILES string of the molecule is COc1ccc(C(=O)N2CCN(S(=O)(=O)CC34CCC(CC3=O)C4(C)C)CC2)cc1. The van der Waals surface area contributed by atoms with Gasteiger partial charge in [0, 0.05) is 43.6 Å². The standard InChI is InChI=1S/C22H30N2O5S/c1-21(2)17-8-9-22(21,19(25)14-17)15-30(27,28)24-12-10-23(11-13-24)20(26)16-4-6-18(29-3)7-5-16/h4-7,17H,8-15H2,1-3H3. The molecule has 0 N–H and O–H groups in total. The van der Waals surface area contributed by atoms with Gasteiger partial charge in [0.1, 0.15) is 11.5 Å². The van der Waals surface area contributed by atoms with Gasteiger partial charge in [-0.05, 0) is 48.4 Å². The number of benzene rings is 1. The molecule has 2 unspecified atom stereocenters. The molecule has 0 aromatic heterocycles. The number of ether oxygens (including phenoxy) is 1. The lowest BCUT2D eigenvalue weighted by atomic mass is 9.70. The lowest BCUT2D eigenvalue weighted by molar-refractivity contribution is -0.128. The Morgan fingerprint density at radius 3 is 2.27 bits per heavy atom. The van der Waals surface area contributed by atoms with Crippen molar-refractivity contribution in [1.29, 1.82) is 0 Å². The Hall–Kier alpha value is -1.93. The molecule has 2 aliphatic carbocycles. The quantitative estimate of drug-likeness (QED) is 0.709. The zero-order valence-corrected chi connectivity index (χ0v) is 18.7. The van der Waals surface area contributed by atoms with Crippen molar-refractivity contribution in [3.05, 3.63) is 29.8 Å².